The second kappa shape index (κ2) is 10.3. The van der Waals surface area contributed by atoms with E-state index in [0.717, 1.165) is 36.8 Å². The summed E-state index contributed by atoms with van der Waals surface area (Å²) in [4.78, 5) is 26.9. The Morgan fingerprint density at radius 3 is 2.56 bits per heavy atom. The molecule has 0 spiro atoms. The Bertz CT molecular complexity index is 1330. The van der Waals surface area contributed by atoms with Crippen molar-refractivity contribution >= 4 is 23.5 Å². The number of fused-ring (bicyclic) bond motifs is 4. The Balaban J connectivity index is 1.60. The molecular formula is C31H37ClO7. The zero-order valence-electron chi connectivity index (χ0n) is 23.5. The van der Waals surface area contributed by atoms with Crippen LogP contribution in [0, 0.1) is 37.0 Å². The molecule has 0 radical (unpaired) electrons. The number of ether oxygens (including phenoxy) is 4. The molecule has 2 saturated carbocycles. The highest BCUT2D eigenvalue weighted by Crippen LogP contribution is 2.57. The van der Waals surface area contributed by atoms with Gasteiger partial charge in [-0.1, -0.05) is 31.9 Å². The van der Waals surface area contributed by atoms with Crippen molar-refractivity contribution in [3.05, 3.63) is 45.0 Å². The molecule has 2 aliphatic carbocycles. The summed E-state index contributed by atoms with van der Waals surface area (Å²) in [6.07, 6.45) is 3.70. The highest BCUT2D eigenvalue weighted by Gasteiger charge is 2.53. The van der Waals surface area contributed by atoms with E-state index in [0.29, 0.717) is 29.4 Å². The quantitative estimate of drug-likeness (QED) is 0.296. The number of carbonyl (C=O) groups is 2. The molecule has 0 saturated heterocycles. The first-order chi connectivity index (χ1) is 18.5. The Morgan fingerprint density at radius 2 is 1.95 bits per heavy atom. The lowest BCUT2D eigenvalue weighted by Crippen LogP contribution is -2.37. The van der Waals surface area contributed by atoms with Gasteiger partial charge in [-0.3, -0.25) is 4.79 Å². The number of methoxy groups -OCH3 is 1. The van der Waals surface area contributed by atoms with Gasteiger partial charge in [-0.15, -0.1) is 0 Å². The van der Waals surface area contributed by atoms with Crippen LogP contribution in [0.4, 0.5) is 0 Å². The summed E-state index contributed by atoms with van der Waals surface area (Å²) in [5.41, 5.74) is 2.05. The van der Waals surface area contributed by atoms with E-state index in [1.165, 1.54) is 7.11 Å². The number of aliphatic hydroxyl groups excluding tert-OH is 1. The van der Waals surface area contributed by atoms with E-state index >= 15 is 0 Å². The molecule has 39 heavy (non-hydrogen) atoms. The maximum Gasteiger partial charge on any atom is 0.346 e. The Kier molecular flexibility index (Phi) is 7.36. The summed E-state index contributed by atoms with van der Waals surface area (Å²) in [6, 6.07) is 3.29. The third kappa shape index (κ3) is 4.67. The molecule has 2 aromatic carbocycles. The largest absolute Gasteiger partial charge is 0.495 e. The van der Waals surface area contributed by atoms with Crippen molar-refractivity contribution in [2.24, 2.45) is 23.2 Å². The number of hydrogen-bond donors (Lipinski definition) is 1. The summed E-state index contributed by atoms with van der Waals surface area (Å²) in [5.74, 6) is 0.872. The zero-order chi connectivity index (χ0) is 28.2. The maximum absolute atomic E-state index is 13.7. The molecule has 210 valence electrons. The van der Waals surface area contributed by atoms with Gasteiger partial charge in [-0.25, -0.2) is 4.79 Å². The van der Waals surface area contributed by atoms with Crippen molar-refractivity contribution in [3.8, 4) is 23.0 Å². The topological polar surface area (TPSA) is 91.3 Å². The van der Waals surface area contributed by atoms with Crippen molar-refractivity contribution in [2.75, 3.05) is 7.11 Å². The molecule has 0 amide bonds. The molecule has 3 aliphatic rings. The normalized spacial score (nSPS) is 24.3. The van der Waals surface area contributed by atoms with E-state index in [1.54, 1.807) is 12.1 Å². The lowest BCUT2D eigenvalue weighted by molar-refractivity contribution is -0.148. The van der Waals surface area contributed by atoms with Crippen molar-refractivity contribution in [1.29, 1.82) is 0 Å². The first-order valence-electron chi connectivity index (χ1n) is 13.7. The van der Waals surface area contributed by atoms with Crippen molar-refractivity contribution in [3.63, 3.8) is 0 Å². The Hall–Kier alpha value is -2.77. The third-order valence-electron chi connectivity index (χ3n) is 9.01. The minimum absolute atomic E-state index is 0.0650. The Morgan fingerprint density at radius 1 is 1.21 bits per heavy atom. The molecule has 2 bridgehead atoms. The second-order valence-electron chi connectivity index (χ2n) is 12.0. The summed E-state index contributed by atoms with van der Waals surface area (Å²) in [6.45, 7) is 9.61. The van der Waals surface area contributed by atoms with Crippen LogP contribution >= 0.6 is 11.6 Å². The molecule has 1 N–H and O–H groups in total. The molecule has 1 aliphatic heterocycles. The monoisotopic (exact) mass is 556 g/mol. The summed E-state index contributed by atoms with van der Waals surface area (Å²) in [5, 5.41) is 11.1. The molecular weight excluding hydrogens is 520 g/mol. The van der Waals surface area contributed by atoms with Crippen LogP contribution < -0.4 is 14.2 Å². The molecule has 5 rings (SSSR count). The standard InChI is InChI=1S/C31H37ClO7/c1-15(2)11-22(33)20-9-10-23-24(26(20)36-6)29(34)37-14-21-16(3)17(4)25(32)28(27(21)38-23)39-30(35)31(5)13-18-7-8-19(31)12-18/h9-10,15,18-19,22,33H,7-8,11-14H2,1-6H3/t18-,19+,22+,31+/m1/s1. The van der Waals surface area contributed by atoms with Gasteiger partial charge in [0.2, 0.25) is 0 Å². The highest BCUT2D eigenvalue weighted by atomic mass is 35.5. The fourth-order valence-corrected chi connectivity index (χ4v) is 6.91. The van der Waals surface area contributed by atoms with Crippen LogP contribution in [0.3, 0.4) is 0 Å². The predicted octanol–water partition coefficient (Wildman–Crippen LogP) is 7.24. The lowest BCUT2D eigenvalue weighted by Gasteiger charge is -2.32. The van der Waals surface area contributed by atoms with Crippen LogP contribution in [0.2, 0.25) is 5.02 Å². The molecule has 2 fully saturated rings. The number of benzene rings is 2. The van der Waals surface area contributed by atoms with Gasteiger partial charge < -0.3 is 24.1 Å². The van der Waals surface area contributed by atoms with Crippen LogP contribution in [0.1, 0.15) is 91.6 Å². The third-order valence-corrected chi connectivity index (χ3v) is 9.47. The highest BCUT2D eigenvalue weighted by molar-refractivity contribution is 6.33. The van der Waals surface area contributed by atoms with Gasteiger partial charge in [0.1, 0.15) is 23.7 Å². The van der Waals surface area contributed by atoms with Crippen LogP contribution in [-0.2, 0) is 16.1 Å². The van der Waals surface area contributed by atoms with E-state index in [9.17, 15) is 14.7 Å². The maximum atomic E-state index is 13.7. The van der Waals surface area contributed by atoms with Crippen LogP contribution in [0.5, 0.6) is 23.0 Å². The number of esters is 2. The van der Waals surface area contributed by atoms with Gasteiger partial charge >= 0.3 is 11.9 Å². The summed E-state index contributed by atoms with van der Waals surface area (Å²) < 4.78 is 23.9. The van der Waals surface area contributed by atoms with E-state index in [2.05, 4.69) is 0 Å². The van der Waals surface area contributed by atoms with Crippen LogP contribution in [-0.4, -0.2) is 24.2 Å². The predicted molar refractivity (Wildman–Crippen MR) is 147 cm³/mol. The van der Waals surface area contributed by atoms with Gasteiger partial charge in [0.25, 0.3) is 0 Å². The minimum Gasteiger partial charge on any atom is -0.495 e. The van der Waals surface area contributed by atoms with Crippen LogP contribution in [0.25, 0.3) is 0 Å². The van der Waals surface area contributed by atoms with E-state index in [4.69, 9.17) is 30.5 Å². The number of hydrogen-bond acceptors (Lipinski definition) is 7. The van der Waals surface area contributed by atoms with Crippen LogP contribution in [0.15, 0.2) is 12.1 Å². The number of rotatable bonds is 6. The number of carbonyl (C=O) groups excluding carboxylic acids is 2. The smallest absolute Gasteiger partial charge is 0.346 e. The molecule has 1 heterocycles. The zero-order valence-corrected chi connectivity index (χ0v) is 24.2. The number of halogens is 1. The van der Waals surface area contributed by atoms with E-state index in [-0.39, 0.29) is 52.1 Å². The van der Waals surface area contributed by atoms with Crippen molar-refractivity contribution in [2.45, 2.75) is 79.4 Å². The van der Waals surface area contributed by atoms with E-state index < -0.39 is 17.5 Å². The van der Waals surface area contributed by atoms with Gasteiger partial charge in [0.15, 0.2) is 11.5 Å². The SMILES string of the molecule is COc1c([C@@H](O)CC(C)C)ccc2c1C(=O)OCc1c(C)c(C)c(Cl)c(OC(=O)[C@@]3(C)C[C@@H]4CC[C@H]3C4)c1O2. The molecule has 0 aromatic heterocycles. The average molecular weight is 557 g/mol. The Labute approximate surface area is 234 Å². The van der Waals surface area contributed by atoms with Gasteiger partial charge in [-0.2, -0.15) is 0 Å². The lowest BCUT2D eigenvalue weighted by atomic mass is 9.75. The number of cyclic esters (lactones) is 1. The minimum atomic E-state index is -0.839. The first kappa shape index (κ1) is 27.8. The molecule has 4 atom stereocenters. The van der Waals surface area contributed by atoms with Crippen molar-refractivity contribution in [1.82, 2.24) is 0 Å². The molecule has 2 aromatic rings. The summed E-state index contributed by atoms with van der Waals surface area (Å²) >= 11 is 6.81. The van der Waals surface area contributed by atoms with E-state index in [1.807, 2.05) is 34.6 Å². The van der Waals surface area contributed by atoms with Gasteiger partial charge in [0.05, 0.1) is 23.7 Å². The molecule has 0 unspecified atom stereocenters. The fourth-order valence-electron chi connectivity index (χ4n) is 6.64. The first-order valence-corrected chi connectivity index (χ1v) is 14.1. The number of aliphatic hydroxyl groups is 1. The average Bonchev–Trinajstić information content (AvgIpc) is 3.48. The molecule has 8 heteroatoms. The second-order valence-corrected chi connectivity index (χ2v) is 12.4. The molecule has 7 nitrogen and oxygen atoms in total. The van der Waals surface area contributed by atoms with Gasteiger partial charge in [0, 0.05) is 11.1 Å². The fraction of sp³-hybridized carbons (Fsp3) is 0.548. The van der Waals surface area contributed by atoms with Gasteiger partial charge in [-0.05, 0) is 87.5 Å². The van der Waals surface area contributed by atoms with Crippen molar-refractivity contribution < 1.29 is 33.6 Å². The summed E-state index contributed by atoms with van der Waals surface area (Å²) in [7, 11) is 1.44.